The normalized spacial score (nSPS) is 28.5. The fourth-order valence-corrected chi connectivity index (χ4v) is 3.51. The monoisotopic (exact) mass is 230 g/mol. The van der Waals surface area contributed by atoms with Crippen molar-refractivity contribution in [3.63, 3.8) is 0 Å². The molecule has 1 aliphatic heterocycles. The van der Waals surface area contributed by atoms with Gasteiger partial charge < -0.3 is 10.2 Å². The Morgan fingerprint density at radius 2 is 2.00 bits per heavy atom. The van der Waals surface area contributed by atoms with Crippen LogP contribution in [0.2, 0.25) is 0 Å². The number of likely N-dealkylation sites (tertiary alicyclic amines) is 1. The zero-order valence-corrected chi connectivity index (χ0v) is 10.7. The predicted molar refractivity (Wildman–Crippen MR) is 71.2 cm³/mol. The van der Waals surface area contributed by atoms with Crippen molar-refractivity contribution in [3.05, 3.63) is 35.4 Å². The first kappa shape index (κ1) is 11.2. The average molecular weight is 230 g/mol. The molecule has 1 atom stereocenters. The second kappa shape index (κ2) is 4.43. The van der Waals surface area contributed by atoms with Gasteiger partial charge in [0.15, 0.2) is 0 Å². The highest BCUT2D eigenvalue weighted by Crippen LogP contribution is 2.37. The molecule has 1 aromatic rings. The van der Waals surface area contributed by atoms with Gasteiger partial charge in [-0.2, -0.15) is 0 Å². The molecule has 1 saturated heterocycles. The number of nitrogens with one attached hydrogen (secondary N) is 1. The lowest BCUT2D eigenvalue weighted by Crippen LogP contribution is -2.47. The maximum absolute atomic E-state index is 3.62. The summed E-state index contributed by atoms with van der Waals surface area (Å²) in [6.45, 7) is 3.75. The summed E-state index contributed by atoms with van der Waals surface area (Å²) in [6.07, 6.45) is 5.23. The Morgan fingerprint density at radius 1 is 1.24 bits per heavy atom. The minimum atomic E-state index is 0.209. The number of rotatable bonds is 3. The Morgan fingerprint density at radius 3 is 2.76 bits per heavy atom. The Kier molecular flexibility index (Phi) is 2.93. The van der Waals surface area contributed by atoms with Crippen molar-refractivity contribution in [3.8, 4) is 0 Å². The van der Waals surface area contributed by atoms with Gasteiger partial charge in [0.1, 0.15) is 0 Å². The molecule has 1 heterocycles. The SMILES string of the molecule is CN[C@@]1(CN2CCCC2)CCc2ccccc21. The summed E-state index contributed by atoms with van der Waals surface area (Å²) in [6, 6.07) is 8.95. The van der Waals surface area contributed by atoms with Gasteiger partial charge in [-0.25, -0.2) is 0 Å². The molecule has 2 heteroatoms. The highest BCUT2D eigenvalue weighted by molar-refractivity contribution is 5.39. The molecule has 3 rings (SSSR count). The summed E-state index contributed by atoms with van der Waals surface area (Å²) < 4.78 is 0. The van der Waals surface area contributed by atoms with Crippen LogP contribution in [-0.2, 0) is 12.0 Å². The van der Waals surface area contributed by atoms with E-state index in [0.29, 0.717) is 0 Å². The summed E-state index contributed by atoms with van der Waals surface area (Å²) in [5.41, 5.74) is 3.29. The largest absolute Gasteiger partial charge is 0.309 e. The van der Waals surface area contributed by atoms with E-state index in [0.717, 1.165) is 0 Å². The molecule has 1 fully saturated rings. The summed E-state index contributed by atoms with van der Waals surface area (Å²) in [5.74, 6) is 0. The first-order valence-electron chi connectivity index (χ1n) is 6.84. The zero-order chi connectivity index (χ0) is 11.7. The van der Waals surface area contributed by atoms with Crippen LogP contribution in [0.4, 0.5) is 0 Å². The van der Waals surface area contributed by atoms with Crippen LogP contribution in [0.5, 0.6) is 0 Å². The van der Waals surface area contributed by atoms with E-state index in [4.69, 9.17) is 0 Å². The predicted octanol–water partition coefficient (Wildman–Crippen LogP) is 2.14. The number of likely N-dealkylation sites (N-methyl/N-ethyl adjacent to an activating group) is 1. The van der Waals surface area contributed by atoms with Crippen molar-refractivity contribution < 1.29 is 0 Å². The molecule has 17 heavy (non-hydrogen) atoms. The topological polar surface area (TPSA) is 15.3 Å². The van der Waals surface area contributed by atoms with Crippen LogP contribution < -0.4 is 5.32 Å². The molecule has 0 aromatic heterocycles. The van der Waals surface area contributed by atoms with Crippen LogP contribution in [0, 0.1) is 0 Å². The van der Waals surface area contributed by atoms with Crippen molar-refractivity contribution in [2.75, 3.05) is 26.7 Å². The van der Waals surface area contributed by atoms with Crippen LogP contribution in [0.3, 0.4) is 0 Å². The lowest BCUT2D eigenvalue weighted by molar-refractivity contribution is 0.215. The van der Waals surface area contributed by atoms with Crippen molar-refractivity contribution in [2.24, 2.45) is 0 Å². The Balaban J connectivity index is 1.87. The van der Waals surface area contributed by atoms with E-state index in [1.54, 1.807) is 5.56 Å². The lowest BCUT2D eigenvalue weighted by atomic mass is 9.91. The van der Waals surface area contributed by atoms with Crippen molar-refractivity contribution in [1.82, 2.24) is 10.2 Å². The Hall–Kier alpha value is -0.860. The molecular weight excluding hydrogens is 208 g/mol. The molecule has 1 aliphatic carbocycles. The third-order valence-corrected chi connectivity index (χ3v) is 4.52. The van der Waals surface area contributed by atoms with Gasteiger partial charge in [-0.1, -0.05) is 24.3 Å². The van der Waals surface area contributed by atoms with Crippen molar-refractivity contribution >= 4 is 0 Å². The maximum atomic E-state index is 3.62. The molecule has 0 saturated carbocycles. The molecule has 2 aliphatic rings. The lowest BCUT2D eigenvalue weighted by Gasteiger charge is -2.34. The van der Waals surface area contributed by atoms with Gasteiger partial charge in [0.05, 0.1) is 5.54 Å². The quantitative estimate of drug-likeness (QED) is 0.856. The number of fused-ring (bicyclic) bond motifs is 1. The van der Waals surface area contributed by atoms with E-state index >= 15 is 0 Å². The molecule has 0 unspecified atom stereocenters. The minimum absolute atomic E-state index is 0.209. The Labute approximate surface area is 104 Å². The molecule has 1 N–H and O–H groups in total. The maximum Gasteiger partial charge on any atom is 0.0566 e. The first-order chi connectivity index (χ1) is 8.34. The standard InChI is InChI=1S/C15H22N2/c1-16-15(12-17-10-4-5-11-17)9-8-13-6-2-3-7-14(13)15/h2-3,6-7,16H,4-5,8-12H2,1H3/t15-/m1/s1. The van der Waals surface area contributed by atoms with Crippen molar-refractivity contribution in [1.29, 1.82) is 0 Å². The second-order valence-electron chi connectivity index (χ2n) is 5.47. The van der Waals surface area contributed by atoms with Crippen LogP contribution in [0.25, 0.3) is 0 Å². The van der Waals surface area contributed by atoms with E-state index in [1.165, 1.54) is 50.9 Å². The molecule has 1 aromatic carbocycles. The van der Waals surface area contributed by atoms with Gasteiger partial charge in [-0.15, -0.1) is 0 Å². The van der Waals surface area contributed by atoms with Gasteiger partial charge >= 0.3 is 0 Å². The van der Waals surface area contributed by atoms with E-state index < -0.39 is 0 Å². The Bertz CT molecular complexity index is 396. The molecule has 0 amide bonds. The van der Waals surface area contributed by atoms with Crippen LogP contribution in [0.15, 0.2) is 24.3 Å². The molecule has 92 valence electrons. The first-order valence-corrected chi connectivity index (χ1v) is 6.84. The van der Waals surface area contributed by atoms with Gasteiger partial charge in [0.2, 0.25) is 0 Å². The van der Waals surface area contributed by atoms with Crippen molar-refractivity contribution in [2.45, 2.75) is 31.2 Å². The van der Waals surface area contributed by atoms with Crippen LogP contribution in [0.1, 0.15) is 30.4 Å². The van der Waals surface area contributed by atoms with Gasteiger partial charge in [0.25, 0.3) is 0 Å². The average Bonchev–Trinajstić information content (AvgIpc) is 2.99. The summed E-state index contributed by atoms with van der Waals surface area (Å²) in [5, 5.41) is 3.62. The number of nitrogens with zero attached hydrogens (tertiary/aromatic N) is 1. The molecule has 0 bridgehead atoms. The fraction of sp³-hybridized carbons (Fsp3) is 0.600. The molecule has 0 spiro atoms. The van der Waals surface area contributed by atoms with Gasteiger partial charge in [0, 0.05) is 6.54 Å². The van der Waals surface area contributed by atoms with Gasteiger partial charge in [-0.3, -0.25) is 0 Å². The summed E-state index contributed by atoms with van der Waals surface area (Å²) >= 11 is 0. The van der Waals surface area contributed by atoms with E-state index in [1.807, 2.05) is 0 Å². The smallest absolute Gasteiger partial charge is 0.0566 e. The molecule has 2 nitrogen and oxygen atoms in total. The van der Waals surface area contributed by atoms with E-state index in [9.17, 15) is 0 Å². The second-order valence-corrected chi connectivity index (χ2v) is 5.47. The number of hydrogen-bond acceptors (Lipinski definition) is 2. The minimum Gasteiger partial charge on any atom is -0.309 e. The van der Waals surface area contributed by atoms with E-state index in [2.05, 4.69) is 41.5 Å². The highest BCUT2D eigenvalue weighted by Gasteiger charge is 2.38. The fourth-order valence-electron chi connectivity index (χ4n) is 3.51. The highest BCUT2D eigenvalue weighted by atomic mass is 15.2. The number of benzene rings is 1. The summed E-state index contributed by atoms with van der Waals surface area (Å²) in [7, 11) is 2.12. The number of aryl methyl sites for hydroxylation is 1. The van der Waals surface area contributed by atoms with Gasteiger partial charge in [-0.05, 0) is 56.9 Å². The van der Waals surface area contributed by atoms with Crippen LogP contribution in [-0.4, -0.2) is 31.6 Å². The van der Waals surface area contributed by atoms with E-state index in [-0.39, 0.29) is 5.54 Å². The number of hydrogen-bond donors (Lipinski definition) is 1. The summed E-state index contributed by atoms with van der Waals surface area (Å²) in [4.78, 5) is 2.62. The molecular formula is C15H22N2. The third kappa shape index (κ3) is 1.90. The molecule has 0 radical (unpaired) electrons. The third-order valence-electron chi connectivity index (χ3n) is 4.52. The van der Waals surface area contributed by atoms with Crippen LogP contribution >= 0.6 is 0 Å². The zero-order valence-electron chi connectivity index (χ0n) is 10.7.